The summed E-state index contributed by atoms with van der Waals surface area (Å²) in [7, 11) is 0. The second-order valence-electron chi connectivity index (χ2n) is 6.00. The molecule has 4 nitrogen and oxygen atoms in total. The molecule has 1 fully saturated rings. The molecule has 1 heterocycles. The molecular weight excluding hydrogens is 216 g/mol. The van der Waals surface area contributed by atoms with E-state index < -0.39 is 5.60 Å². The Kier molecular flexibility index (Phi) is 4.80. The summed E-state index contributed by atoms with van der Waals surface area (Å²) >= 11 is 0. The Labute approximate surface area is 105 Å². The summed E-state index contributed by atoms with van der Waals surface area (Å²) in [4.78, 5) is 13.4. The van der Waals surface area contributed by atoms with Crippen molar-refractivity contribution in [3.63, 3.8) is 0 Å². The lowest BCUT2D eigenvalue weighted by Crippen LogP contribution is -2.61. The third-order valence-electron chi connectivity index (χ3n) is 2.99. The molecule has 1 amide bonds. The molecule has 0 aromatic rings. The van der Waals surface area contributed by atoms with Crippen molar-refractivity contribution in [1.82, 2.24) is 10.2 Å². The van der Waals surface area contributed by atoms with Crippen LogP contribution in [0.25, 0.3) is 0 Å². The van der Waals surface area contributed by atoms with Crippen molar-refractivity contribution in [2.45, 2.75) is 52.7 Å². The van der Waals surface area contributed by atoms with Crippen LogP contribution in [0.2, 0.25) is 0 Å². The van der Waals surface area contributed by atoms with E-state index in [2.05, 4.69) is 19.2 Å². The van der Waals surface area contributed by atoms with E-state index in [0.717, 1.165) is 19.6 Å². The Morgan fingerprint density at radius 2 is 2.06 bits per heavy atom. The van der Waals surface area contributed by atoms with E-state index in [1.807, 2.05) is 20.8 Å². The number of likely N-dealkylation sites (tertiary alicyclic amines) is 1. The van der Waals surface area contributed by atoms with Crippen molar-refractivity contribution in [2.24, 2.45) is 5.92 Å². The summed E-state index contributed by atoms with van der Waals surface area (Å²) in [5.41, 5.74) is -0.397. The minimum atomic E-state index is -0.397. The highest BCUT2D eigenvalue weighted by molar-refractivity contribution is 5.69. The van der Waals surface area contributed by atoms with Gasteiger partial charge in [-0.15, -0.1) is 0 Å². The summed E-state index contributed by atoms with van der Waals surface area (Å²) in [5.74, 6) is 0.700. The van der Waals surface area contributed by atoms with Crippen molar-refractivity contribution in [3.05, 3.63) is 0 Å². The maximum Gasteiger partial charge on any atom is 0.410 e. The predicted molar refractivity (Wildman–Crippen MR) is 69.1 cm³/mol. The molecule has 17 heavy (non-hydrogen) atoms. The Hall–Kier alpha value is -0.770. The van der Waals surface area contributed by atoms with Gasteiger partial charge in [0.2, 0.25) is 0 Å². The first-order valence-corrected chi connectivity index (χ1v) is 6.53. The Morgan fingerprint density at radius 3 is 2.53 bits per heavy atom. The number of hydrogen-bond donors (Lipinski definition) is 1. The molecule has 0 aromatic heterocycles. The highest BCUT2D eigenvalue weighted by atomic mass is 16.6. The Bertz CT molecular complexity index is 255. The van der Waals surface area contributed by atoms with Gasteiger partial charge >= 0.3 is 6.09 Å². The zero-order valence-electron chi connectivity index (χ0n) is 11.7. The first-order valence-electron chi connectivity index (χ1n) is 6.53. The smallest absolute Gasteiger partial charge is 0.410 e. The fourth-order valence-electron chi connectivity index (χ4n) is 1.60. The molecule has 100 valence electrons. The van der Waals surface area contributed by atoms with E-state index in [4.69, 9.17) is 4.74 Å². The van der Waals surface area contributed by atoms with Gasteiger partial charge in [-0.25, -0.2) is 4.79 Å². The van der Waals surface area contributed by atoms with Gasteiger partial charge in [0.1, 0.15) is 5.60 Å². The molecule has 0 spiro atoms. The topological polar surface area (TPSA) is 41.6 Å². The first kappa shape index (κ1) is 14.3. The van der Waals surface area contributed by atoms with Crippen LogP contribution in [0.1, 0.15) is 41.0 Å². The molecule has 1 saturated heterocycles. The maximum atomic E-state index is 11.7. The number of carbonyl (C=O) groups is 1. The highest BCUT2D eigenvalue weighted by Crippen LogP contribution is 2.15. The van der Waals surface area contributed by atoms with Crippen LogP contribution < -0.4 is 5.32 Å². The molecule has 0 saturated carbocycles. The van der Waals surface area contributed by atoms with Crippen LogP contribution in [0.4, 0.5) is 4.79 Å². The van der Waals surface area contributed by atoms with Crippen LogP contribution in [0.5, 0.6) is 0 Å². The minimum Gasteiger partial charge on any atom is -0.444 e. The van der Waals surface area contributed by atoms with Crippen LogP contribution in [0, 0.1) is 5.92 Å². The van der Waals surface area contributed by atoms with Gasteiger partial charge in [0, 0.05) is 19.1 Å². The molecule has 1 aliphatic heterocycles. The van der Waals surface area contributed by atoms with Crippen LogP contribution in [0.15, 0.2) is 0 Å². The van der Waals surface area contributed by atoms with Crippen LogP contribution >= 0.6 is 0 Å². The van der Waals surface area contributed by atoms with Crippen LogP contribution in [-0.2, 0) is 4.74 Å². The normalized spacial score (nSPS) is 18.8. The van der Waals surface area contributed by atoms with E-state index in [0.29, 0.717) is 12.0 Å². The monoisotopic (exact) mass is 242 g/mol. The SMILES string of the molecule is CCC(C)CNC1CN(C(=O)OC(C)(C)C)C1. The molecule has 4 heteroatoms. The quantitative estimate of drug-likeness (QED) is 0.822. The van der Waals surface area contributed by atoms with E-state index in [-0.39, 0.29) is 6.09 Å². The summed E-state index contributed by atoms with van der Waals surface area (Å²) in [6.45, 7) is 12.7. The molecule has 1 N–H and O–H groups in total. The van der Waals surface area contributed by atoms with E-state index >= 15 is 0 Å². The maximum absolute atomic E-state index is 11.7. The van der Waals surface area contributed by atoms with Gasteiger partial charge in [0.25, 0.3) is 0 Å². The molecule has 1 rings (SSSR count). The number of ether oxygens (including phenoxy) is 1. The average molecular weight is 242 g/mol. The summed E-state index contributed by atoms with van der Waals surface area (Å²) in [6.07, 6.45) is 0.995. The van der Waals surface area contributed by atoms with Crippen molar-refractivity contribution < 1.29 is 9.53 Å². The Morgan fingerprint density at radius 1 is 1.47 bits per heavy atom. The van der Waals surface area contributed by atoms with Crippen LogP contribution in [0.3, 0.4) is 0 Å². The molecule has 0 aromatic carbocycles. The molecule has 0 radical (unpaired) electrons. The number of hydrogen-bond acceptors (Lipinski definition) is 3. The van der Waals surface area contributed by atoms with E-state index in [1.165, 1.54) is 6.42 Å². The molecule has 1 atom stereocenters. The number of nitrogens with zero attached hydrogens (tertiary/aromatic N) is 1. The average Bonchev–Trinajstić information content (AvgIpc) is 2.11. The fraction of sp³-hybridized carbons (Fsp3) is 0.923. The molecule has 1 aliphatic rings. The highest BCUT2D eigenvalue weighted by Gasteiger charge is 2.33. The number of amides is 1. The molecule has 0 bridgehead atoms. The number of carbonyl (C=O) groups excluding carboxylic acids is 1. The molecule has 1 unspecified atom stereocenters. The third kappa shape index (κ3) is 4.94. The van der Waals surface area contributed by atoms with Crippen molar-refractivity contribution in [3.8, 4) is 0 Å². The zero-order chi connectivity index (χ0) is 13.1. The lowest BCUT2D eigenvalue weighted by atomic mass is 10.1. The standard InChI is InChI=1S/C13H26N2O2/c1-6-10(2)7-14-11-8-15(9-11)12(16)17-13(3,4)5/h10-11,14H,6-9H2,1-5H3. The van der Waals surface area contributed by atoms with Gasteiger partial charge in [-0.1, -0.05) is 20.3 Å². The van der Waals surface area contributed by atoms with Crippen LogP contribution in [-0.4, -0.2) is 42.3 Å². The number of rotatable bonds is 4. The van der Waals surface area contributed by atoms with Crippen molar-refractivity contribution in [2.75, 3.05) is 19.6 Å². The second kappa shape index (κ2) is 5.71. The zero-order valence-corrected chi connectivity index (χ0v) is 11.7. The van der Waals surface area contributed by atoms with Gasteiger partial charge < -0.3 is 15.0 Å². The summed E-state index contributed by atoms with van der Waals surface area (Å²) < 4.78 is 5.30. The number of nitrogens with one attached hydrogen (secondary N) is 1. The molecule has 0 aliphatic carbocycles. The first-order chi connectivity index (χ1) is 7.81. The predicted octanol–water partition coefficient (Wildman–Crippen LogP) is 2.24. The minimum absolute atomic E-state index is 0.195. The van der Waals surface area contributed by atoms with Crippen molar-refractivity contribution >= 4 is 6.09 Å². The Balaban J connectivity index is 2.16. The van der Waals surface area contributed by atoms with Crippen molar-refractivity contribution in [1.29, 1.82) is 0 Å². The van der Waals surface area contributed by atoms with Gasteiger partial charge in [0.05, 0.1) is 0 Å². The fourth-order valence-corrected chi connectivity index (χ4v) is 1.60. The lowest BCUT2D eigenvalue weighted by molar-refractivity contribution is 0.00507. The van der Waals surface area contributed by atoms with Gasteiger partial charge in [-0.05, 0) is 33.2 Å². The largest absolute Gasteiger partial charge is 0.444 e. The molecular formula is C13H26N2O2. The van der Waals surface area contributed by atoms with E-state index in [1.54, 1.807) is 4.90 Å². The van der Waals surface area contributed by atoms with Gasteiger partial charge in [-0.2, -0.15) is 0 Å². The lowest BCUT2D eigenvalue weighted by Gasteiger charge is -2.40. The second-order valence-corrected chi connectivity index (χ2v) is 6.00. The summed E-state index contributed by atoms with van der Waals surface area (Å²) in [5, 5.41) is 3.47. The van der Waals surface area contributed by atoms with E-state index in [9.17, 15) is 4.79 Å². The van der Waals surface area contributed by atoms with Gasteiger partial charge in [-0.3, -0.25) is 0 Å². The summed E-state index contributed by atoms with van der Waals surface area (Å²) in [6, 6.07) is 0.441. The van der Waals surface area contributed by atoms with Gasteiger partial charge in [0.15, 0.2) is 0 Å². The third-order valence-corrected chi connectivity index (χ3v) is 2.99.